The maximum absolute atomic E-state index is 12.7. The topological polar surface area (TPSA) is 52.6 Å². The maximum Gasteiger partial charge on any atom is 0.224 e. The van der Waals surface area contributed by atoms with E-state index in [-0.39, 0.29) is 24.0 Å². The third-order valence-corrected chi connectivity index (χ3v) is 5.38. The van der Waals surface area contributed by atoms with Gasteiger partial charge in [0.05, 0.1) is 18.1 Å². The normalized spacial score (nSPS) is 24.5. The van der Waals surface area contributed by atoms with Gasteiger partial charge >= 0.3 is 0 Å². The van der Waals surface area contributed by atoms with Crippen molar-refractivity contribution >= 4 is 5.91 Å². The Labute approximate surface area is 138 Å². The summed E-state index contributed by atoms with van der Waals surface area (Å²) in [6.45, 7) is 2.86. The van der Waals surface area contributed by atoms with Gasteiger partial charge in [-0.15, -0.1) is 0 Å². The second kappa shape index (κ2) is 7.45. The summed E-state index contributed by atoms with van der Waals surface area (Å²) >= 11 is 0. The van der Waals surface area contributed by atoms with Gasteiger partial charge in [0.15, 0.2) is 0 Å². The van der Waals surface area contributed by atoms with E-state index < -0.39 is 0 Å². The van der Waals surface area contributed by atoms with Crippen LogP contribution < -0.4 is 5.32 Å². The number of rotatable bonds is 5. The van der Waals surface area contributed by atoms with Gasteiger partial charge < -0.3 is 10.4 Å². The molecule has 2 aliphatic rings. The lowest BCUT2D eigenvalue weighted by atomic mass is 9.93. The zero-order valence-corrected chi connectivity index (χ0v) is 13.8. The molecular weight excluding hydrogens is 288 g/mol. The highest BCUT2D eigenvalue weighted by Crippen LogP contribution is 2.30. The molecule has 2 N–H and O–H groups in total. The highest BCUT2D eigenvalue weighted by molar-refractivity contribution is 5.79. The van der Waals surface area contributed by atoms with Crippen molar-refractivity contribution in [3.63, 3.8) is 0 Å². The number of piperidine rings is 1. The minimum atomic E-state index is -0.348. The molecule has 1 aromatic rings. The summed E-state index contributed by atoms with van der Waals surface area (Å²) in [4.78, 5) is 15.0. The molecule has 0 spiro atoms. The minimum absolute atomic E-state index is 0.0523. The molecule has 0 bridgehead atoms. The van der Waals surface area contributed by atoms with E-state index in [9.17, 15) is 9.90 Å². The molecule has 4 heteroatoms. The summed E-state index contributed by atoms with van der Waals surface area (Å²) < 4.78 is 0. The largest absolute Gasteiger partial charge is 0.394 e. The number of carbonyl (C=O) groups excluding carboxylic acids is 1. The zero-order valence-electron chi connectivity index (χ0n) is 13.8. The molecule has 1 aliphatic heterocycles. The summed E-state index contributed by atoms with van der Waals surface area (Å²) in [5.74, 6) is 0.190. The van der Waals surface area contributed by atoms with Crippen LogP contribution in [0.1, 0.15) is 44.1 Å². The second-order valence-electron chi connectivity index (χ2n) is 7.19. The summed E-state index contributed by atoms with van der Waals surface area (Å²) in [5, 5.41) is 12.9. The fourth-order valence-corrected chi connectivity index (χ4v) is 3.99. The third-order valence-electron chi connectivity index (χ3n) is 5.38. The SMILES string of the molecule is O=C(NC1(CO)CCCC1)C1CCCN(Cc2ccccc2)C1. The lowest BCUT2D eigenvalue weighted by molar-refractivity contribution is -0.129. The summed E-state index contributed by atoms with van der Waals surface area (Å²) in [6, 6.07) is 10.4. The highest BCUT2D eigenvalue weighted by Gasteiger charge is 2.37. The Morgan fingerprint density at radius 1 is 1.22 bits per heavy atom. The van der Waals surface area contributed by atoms with Gasteiger partial charge in [0, 0.05) is 13.1 Å². The molecule has 1 unspecified atom stereocenters. The Morgan fingerprint density at radius 2 is 1.96 bits per heavy atom. The number of nitrogens with one attached hydrogen (secondary N) is 1. The van der Waals surface area contributed by atoms with Crippen LogP contribution in [0.5, 0.6) is 0 Å². The molecule has 1 atom stereocenters. The number of amides is 1. The Hall–Kier alpha value is -1.39. The van der Waals surface area contributed by atoms with Gasteiger partial charge in [-0.3, -0.25) is 9.69 Å². The molecule has 0 radical (unpaired) electrons. The Bertz CT molecular complexity index is 511. The van der Waals surface area contributed by atoms with E-state index in [1.807, 2.05) is 6.07 Å². The van der Waals surface area contributed by atoms with E-state index in [4.69, 9.17) is 0 Å². The molecule has 2 fully saturated rings. The monoisotopic (exact) mass is 316 g/mol. The van der Waals surface area contributed by atoms with Gasteiger partial charge in [-0.2, -0.15) is 0 Å². The third kappa shape index (κ3) is 4.12. The molecular formula is C19H28N2O2. The first kappa shape index (κ1) is 16.5. The van der Waals surface area contributed by atoms with Crippen LogP contribution in [0.4, 0.5) is 0 Å². The van der Waals surface area contributed by atoms with Crippen LogP contribution in [0.2, 0.25) is 0 Å². The number of nitrogens with zero attached hydrogens (tertiary/aromatic N) is 1. The summed E-state index contributed by atoms with van der Waals surface area (Å²) in [6.07, 6.45) is 6.05. The first-order valence-corrected chi connectivity index (χ1v) is 8.90. The second-order valence-corrected chi connectivity index (χ2v) is 7.19. The first-order valence-electron chi connectivity index (χ1n) is 8.90. The van der Waals surface area contributed by atoms with Gasteiger partial charge in [-0.25, -0.2) is 0 Å². The average Bonchev–Trinajstić information content (AvgIpc) is 3.05. The molecule has 23 heavy (non-hydrogen) atoms. The number of carbonyl (C=O) groups is 1. The lowest BCUT2D eigenvalue weighted by Gasteiger charge is -2.35. The fraction of sp³-hybridized carbons (Fsp3) is 0.632. The molecule has 3 rings (SSSR count). The van der Waals surface area contributed by atoms with Gasteiger partial charge in [0.2, 0.25) is 5.91 Å². The molecule has 1 aliphatic carbocycles. The lowest BCUT2D eigenvalue weighted by Crippen LogP contribution is -2.53. The van der Waals surface area contributed by atoms with Gasteiger partial charge in [-0.05, 0) is 37.8 Å². The van der Waals surface area contributed by atoms with Crippen LogP contribution in [0, 0.1) is 5.92 Å². The van der Waals surface area contributed by atoms with E-state index in [0.717, 1.165) is 58.2 Å². The summed E-state index contributed by atoms with van der Waals surface area (Å²) in [7, 11) is 0. The van der Waals surface area contributed by atoms with Crippen LogP contribution in [-0.2, 0) is 11.3 Å². The van der Waals surface area contributed by atoms with Gasteiger partial charge in [0.1, 0.15) is 0 Å². The van der Waals surface area contributed by atoms with E-state index in [1.54, 1.807) is 0 Å². The van der Waals surface area contributed by atoms with E-state index in [1.165, 1.54) is 5.56 Å². The van der Waals surface area contributed by atoms with Crippen molar-refractivity contribution in [2.24, 2.45) is 5.92 Å². The average molecular weight is 316 g/mol. The molecule has 1 saturated heterocycles. The number of benzene rings is 1. The smallest absolute Gasteiger partial charge is 0.224 e. The quantitative estimate of drug-likeness (QED) is 0.876. The van der Waals surface area contributed by atoms with Gasteiger partial charge in [-0.1, -0.05) is 43.2 Å². The summed E-state index contributed by atoms with van der Waals surface area (Å²) in [5.41, 5.74) is 0.954. The van der Waals surface area contributed by atoms with E-state index >= 15 is 0 Å². The van der Waals surface area contributed by atoms with E-state index in [0.29, 0.717) is 0 Å². The number of aliphatic hydroxyl groups is 1. The van der Waals surface area contributed by atoms with Crippen LogP contribution in [0.3, 0.4) is 0 Å². The predicted octanol–water partition coefficient (Wildman–Crippen LogP) is 2.32. The zero-order chi connectivity index (χ0) is 16.1. The molecule has 0 aromatic heterocycles. The fourth-order valence-electron chi connectivity index (χ4n) is 3.99. The maximum atomic E-state index is 12.7. The Kier molecular flexibility index (Phi) is 5.34. The molecule has 1 aromatic carbocycles. The van der Waals surface area contributed by atoms with Gasteiger partial charge in [0.25, 0.3) is 0 Å². The van der Waals surface area contributed by atoms with Crippen molar-refractivity contribution in [2.75, 3.05) is 19.7 Å². The van der Waals surface area contributed by atoms with Crippen molar-refractivity contribution in [1.82, 2.24) is 10.2 Å². The molecule has 4 nitrogen and oxygen atoms in total. The van der Waals surface area contributed by atoms with Crippen LogP contribution in [-0.4, -0.2) is 41.1 Å². The van der Waals surface area contributed by atoms with Crippen LogP contribution in [0.25, 0.3) is 0 Å². The van der Waals surface area contributed by atoms with Crippen LogP contribution in [0.15, 0.2) is 30.3 Å². The van der Waals surface area contributed by atoms with E-state index in [2.05, 4.69) is 34.5 Å². The number of hydrogen-bond donors (Lipinski definition) is 2. The van der Waals surface area contributed by atoms with Crippen molar-refractivity contribution in [2.45, 2.75) is 50.6 Å². The van der Waals surface area contributed by atoms with Crippen LogP contribution >= 0.6 is 0 Å². The van der Waals surface area contributed by atoms with Crippen molar-refractivity contribution in [1.29, 1.82) is 0 Å². The number of hydrogen-bond acceptors (Lipinski definition) is 3. The molecule has 1 amide bonds. The van der Waals surface area contributed by atoms with Crippen molar-refractivity contribution < 1.29 is 9.90 Å². The molecule has 1 saturated carbocycles. The molecule has 126 valence electrons. The Morgan fingerprint density at radius 3 is 2.65 bits per heavy atom. The van der Waals surface area contributed by atoms with Crippen molar-refractivity contribution in [3.05, 3.63) is 35.9 Å². The standard InChI is InChI=1S/C19H28N2O2/c22-15-19(10-4-5-11-19)20-18(23)17-9-6-12-21(14-17)13-16-7-2-1-3-8-16/h1-3,7-8,17,22H,4-6,9-15H2,(H,20,23). The number of aliphatic hydroxyl groups excluding tert-OH is 1. The van der Waals surface area contributed by atoms with Crippen molar-refractivity contribution in [3.8, 4) is 0 Å². The minimum Gasteiger partial charge on any atom is -0.394 e. The first-order chi connectivity index (χ1) is 11.2. The predicted molar refractivity (Wildman–Crippen MR) is 90.9 cm³/mol. The Balaban J connectivity index is 1.56. The number of likely N-dealkylation sites (tertiary alicyclic amines) is 1. The highest BCUT2D eigenvalue weighted by atomic mass is 16.3. The molecule has 1 heterocycles.